The standard InChI is InChI=1S/C23H30N2O2.C22H20N2O2/c1-2-27-22(26)23(20-10-5-3-6-11-20)14-18-25(19-15-23)17-9-16-24-21-12-7-4-8-13-21;1-15-11-12-23-20(13-15)24-22(26)16(2)18-9-6-10-19(14-18)21(25)17-7-4-3-5-8-17/h3-8,10-13,24H,2,9,14-19H2,1H3;3-14,16H,1-2H3,(H,23,24,26). The van der Waals surface area contributed by atoms with Crippen LogP contribution in [0.1, 0.15) is 71.6 Å². The van der Waals surface area contributed by atoms with Crippen LogP contribution in [0.4, 0.5) is 11.5 Å². The van der Waals surface area contributed by atoms with Crippen molar-refractivity contribution < 1.29 is 19.1 Å². The van der Waals surface area contributed by atoms with Crippen molar-refractivity contribution in [3.05, 3.63) is 161 Å². The van der Waals surface area contributed by atoms with E-state index in [2.05, 4.69) is 44.8 Å². The summed E-state index contributed by atoms with van der Waals surface area (Å²) < 4.78 is 5.45. The molecular formula is C45H50N4O4. The molecule has 2 heterocycles. The molecule has 0 spiro atoms. The lowest BCUT2D eigenvalue weighted by molar-refractivity contribution is -0.152. The van der Waals surface area contributed by atoms with E-state index in [0.29, 0.717) is 23.6 Å². The van der Waals surface area contributed by atoms with Gasteiger partial charge in [0.05, 0.1) is 17.9 Å². The van der Waals surface area contributed by atoms with Gasteiger partial charge in [0.25, 0.3) is 0 Å². The van der Waals surface area contributed by atoms with Crippen molar-refractivity contribution in [2.45, 2.75) is 51.4 Å². The van der Waals surface area contributed by atoms with E-state index >= 15 is 0 Å². The Kier molecular flexibility index (Phi) is 14.1. The molecule has 6 rings (SSSR count). The molecule has 8 nitrogen and oxygen atoms in total. The third kappa shape index (κ3) is 10.7. The van der Waals surface area contributed by atoms with Crippen molar-refractivity contribution >= 4 is 29.2 Å². The number of nitrogens with zero attached hydrogens (tertiary/aromatic N) is 2. The minimum atomic E-state index is -0.490. The molecule has 1 fully saturated rings. The number of aromatic nitrogens is 1. The second-order valence-corrected chi connectivity index (χ2v) is 13.4. The van der Waals surface area contributed by atoms with Gasteiger partial charge in [-0.05, 0) is 107 Å². The summed E-state index contributed by atoms with van der Waals surface area (Å²) in [5.74, 6) is -0.159. The van der Waals surface area contributed by atoms with Gasteiger partial charge in [0, 0.05) is 29.6 Å². The van der Waals surface area contributed by atoms with Gasteiger partial charge in [-0.25, -0.2) is 4.98 Å². The number of hydrogen-bond donors (Lipinski definition) is 2. The minimum Gasteiger partial charge on any atom is -0.465 e. The summed E-state index contributed by atoms with van der Waals surface area (Å²) in [6.45, 7) is 9.94. The molecule has 2 N–H and O–H groups in total. The van der Waals surface area contributed by atoms with Crippen LogP contribution < -0.4 is 10.6 Å². The first-order valence-corrected chi connectivity index (χ1v) is 18.5. The monoisotopic (exact) mass is 710 g/mol. The van der Waals surface area contributed by atoms with Crippen molar-refractivity contribution in [2.75, 3.05) is 43.4 Å². The van der Waals surface area contributed by atoms with E-state index < -0.39 is 11.3 Å². The highest BCUT2D eigenvalue weighted by molar-refractivity contribution is 6.09. The number of rotatable bonds is 13. The number of esters is 1. The Balaban J connectivity index is 0.000000204. The van der Waals surface area contributed by atoms with Crippen LogP contribution in [0.2, 0.25) is 0 Å². The molecule has 274 valence electrons. The molecule has 1 aromatic heterocycles. The zero-order valence-electron chi connectivity index (χ0n) is 31.0. The van der Waals surface area contributed by atoms with Crippen LogP contribution in [0.15, 0.2) is 134 Å². The second kappa shape index (κ2) is 19.3. The normalized spacial score (nSPS) is 14.2. The van der Waals surface area contributed by atoms with Crippen molar-refractivity contribution in [3.63, 3.8) is 0 Å². The van der Waals surface area contributed by atoms with Crippen LogP contribution in [0.3, 0.4) is 0 Å². The lowest BCUT2D eigenvalue weighted by atomic mass is 9.72. The topological polar surface area (TPSA) is 101 Å². The maximum absolute atomic E-state index is 12.8. The predicted octanol–water partition coefficient (Wildman–Crippen LogP) is 8.45. The number of benzene rings is 4. The number of nitrogens with one attached hydrogen (secondary N) is 2. The molecule has 1 saturated heterocycles. The quantitative estimate of drug-likeness (QED) is 0.0719. The molecule has 5 aromatic rings. The molecule has 0 aliphatic carbocycles. The number of amides is 1. The van der Waals surface area contributed by atoms with Crippen molar-refractivity contribution in [2.24, 2.45) is 0 Å². The lowest BCUT2D eigenvalue weighted by Gasteiger charge is -2.40. The zero-order chi connectivity index (χ0) is 37.5. The fourth-order valence-electron chi connectivity index (χ4n) is 6.58. The highest BCUT2D eigenvalue weighted by atomic mass is 16.5. The molecule has 1 unspecified atom stereocenters. The van der Waals surface area contributed by atoms with Crippen LogP contribution in [-0.2, 0) is 19.7 Å². The van der Waals surface area contributed by atoms with Gasteiger partial charge in [0.15, 0.2) is 5.78 Å². The van der Waals surface area contributed by atoms with E-state index in [1.807, 2.05) is 93.6 Å². The van der Waals surface area contributed by atoms with E-state index in [-0.39, 0.29) is 17.7 Å². The average Bonchev–Trinajstić information content (AvgIpc) is 3.20. The van der Waals surface area contributed by atoms with Crippen LogP contribution >= 0.6 is 0 Å². The predicted molar refractivity (Wildman–Crippen MR) is 212 cm³/mol. The molecule has 53 heavy (non-hydrogen) atoms. The molecule has 1 atom stereocenters. The Morgan fingerprint density at radius 3 is 2.11 bits per heavy atom. The number of para-hydroxylation sites is 1. The van der Waals surface area contributed by atoms with Crippen LogP contribution in [0.25, 0.3) is 0 Å². The SMILES string of the molecule is CCOC(=O)C1(c2ccccc2)CCN(CCCNc2ccccc2)CC1.Cc1ccnc(NC(=O)C(C)c2cccc(C(=O)c3ccccc3)c2)c1. The largest absolute Gasteiger partial charge is 0.465 e. The van der Waals surface area contributed by atoms with Crippen molar-refractivity contribution in [1.29, 1.82) is 0 Å². The molecule has 8 heteroatoms. The number of aryl methyl sites for hydroxylation is 1. The maximum atomic E-state index is 12.8. The Morgan fingerprint density at radius 1 is 0.811 bits per heavy atom. The van der Waals surface area contributed by atoms with Gasteiger partial charge in [-0.3, -0.25) is 14.4 Å². The zero-order valence-corrected chi connectivity index (χ0v) is 31.0. The number of anilines is 2. The molecule has 1 amide bonds. The first-order valence-electron chi connectivity index (χ1n) is 18.5. The minimum absolute atomic E-state index is 0.0552. The molecule has 1 aliphatic rings. The molecule has 0 saturated carbocycles. The Morgan fingerprint density at radius 2 is 1.45 bits per heavy atom. The Labute approximate surface area is 313 Å². The molecule has 1 aliphatic heterocycles. The van der Waals surface area contributed by atoms with Gasteiger partial charge in [0.2, 0.25) is 5.91 Å². The molecule has 0 radical (unpaired) electrons. The highest BCUT2D eigenvalue weighted by Crippen LogP contribution is 2.37. The third-order valence-corrected chi connectivity index (χ3v) is 9.70. The Bertz CT molecular complexity index is 1910. The summed E-state index contributed by atoms with van der Waals surface area (Å²) in [6.07, 6.45) is 4.39. The number of carbonyl (C=O) groups excluding carboxylic acids is 3. The highest BCUT2D eigenvalue weighted by Gasteiger charge is 2.44. The van der Waals surface area contributed by atoms with Gasteiger partial charge in [0.1, 0.15) is 5.82 Å². The maximum Gasteiger partial charge on any atom is 0.316 e. The van der Waals surface area contributed by atoms with E-state index in [1.54, 1.807) is 36.5 Å². The molecule has 4 aromatic carbocycles. The first-order chi connectivity index (χ1) is 25.8. The van der Waals surface area contributed by atoms with E-state index in [9.17, 15) is 14.4 Å². The van der Waals surface area contributed by atoms with Gasteiger partial charge >= 0.3 is 5.97 Å². The third-order valence-electron chi connectivity index (χ3n) is 9.70. The first kappa shape index (κ1) is 38.6. The number of carbonyl (C=O) groups is 3. The van der Waals surface area contributed by atoms with Crippen LogP contribution in [-0.4, -0.2) is 60.3 Å². The summed E-state index contributed by atoms with van der Waals surface area (Å²) in [5, 5.41) is 6.29. The van der Waals surface area contributed by atoms with Crippen molar-refractivity contribution in [1.82, 2.24) is 9.88 Å². The van der Waals surface area contributed by atoms with Crippen molar-refractivity contribution in [3.8, 4) is 0 Å². The van der Waals surface area contributed by atoms with E-state index in [4.69, 9.17) is 4.74 Å². The molecule has 0 bridgehead atoms. The van der Waals surface area contributed by atoms with Gasteiger partial charge in [-0.2, -0.15) is 0 Å². The fraction of sp³-hybridized carbons (Fsp3) is 0.289. The van der Waals surface area contributed by atoms with Crippen LogP contribution in [0, 0.1) is 6.92 Å². The fourth-order valence-corrected chi connectivity index (χ4v) is 6.58. The number of ether oxygens (including phenoxy) is 1. The summed E-state index contributed by atoms with van der Waals surface area (Å²) in [7, 11) is 0. The number of pyridine rings is 1. The number of likely N-dealkylation sites (tertiary alicyclic amines) is 1. The van der Waals surface area contributed by atoms with Gasteiger partial charge < -0.3 is 20.3 Å². The number of hydrogen-bond acceptors (Lipinski definition) is 7. The van der Waals surface area contributed by atoms with Gasteiger partial charge in [-0.1, -0.05) is 97.1 Å². The second-order valence-electron chi connectivity index (χ2n) is 13.4. The Hall–Kier alpha value is -5.60. The van der Waals surface area contributed by atoms with E-state index in [0.717, 1.165) is 62.1 Å². The number of piperidine rings is 1. The van der Waals surface area contributed by atoms with E-state index in [1.165, 1.54) is 5.69 Å². The smallest absolute Gasteiger partial charge is 0.316 e. The summed E-state index contributed by atoms with van der Waals surface area (Å²) in [4.78, 5) is 44.6. The van der Waals surface area contributed by atoms with Gasteiger partial charge in [-0.15, -0.1) is 0 Å². The summed E-state index contributed by atoms with van der Waals surface area (Å²) in [6, 6.07) is 40.5. The summed E-state index contributed by atoms with van der Waals surface area (Å²) >= 11 is 0. The molecular weight excluding hydrogens is 661 g/mol. The lowest BCUT2D eigenvalue weighted by Crippen LogP contribution is -2.48. The van der Waals surface area contributed by atoms with Crippen LogP contribution in [0.5, 0.6) is 0 Å². The summed E-state index contributed by atoms with van der Waals surface area (Å²) in [5.41, 5.74) is 4.79. The number of ketones is 1. The average molecular weight is 711 g/mol.